The van der Waals surface area contributed by atoms with Crippen LogP contribution in [0.5, 0.6) is 5.75 Å². The highest BCUT2D eigenvalue weighted by atomic mass is 19.1. The fourth-order valence-electron chi connectivity index (χ4n) is 1.44. The van der Waals surface area contributed by atoms with E-state index < -0.39 is 0 Å². The third kappa shape index (κ3) is 2.67. The van der Waals surface area contributed by atoms with E-state index in [1.165, 1.54) is 14.2 Å². The van der Waals surface area contributed by atoms with Crippen LogP contribution in [0.1, 0.15) is 11.1 Å². The molecule has 3 nitrogen and oxygen atoms in total. The van der Waals surface area contributed by atoms with Crippen molar-refractivity contribution in [3.05, 3.63) is 29.1 Å². The standard InChI is InChI=1S/C11H15FO3/c1-14-7-9-10(15-2)4-3-8(5-6-13)11(9)12/h3-4,13H,5-7H2,1-2H3. The summed E-state index contributed by atoms with van der Waals surface area (Å²) in [6.45, 7) is 0.0872. The molecular formula is C11H15FO3. The molecule has 0 saturated heterocycles. The lowest BCUT2D eigenvalue weighted by atomic mass is 10.1. The fraction of sp³-hybridized carbons (Fsp3) is 0.455. The van der Waals surface area contributed by atoms with E-state index in [1.807, 2.05) is 0 Å². The molecule has 0 unspecified atom stereocenters. The van der Waals surface area contributed by atoms with Crippen LogP contribution >= 0.6 is 0 Å². The zero-order valence-corrected chi connectivity index (χ0v) is 8.92. The van der Waals surface area contributed by atoms with Crippen LogP contribution in [0.4, 0.5) is 4.39 Å². The summed E-state index contributed by atoms with van der Waals surface area (Å²) in [5.41, 5.74) is 0.872. The van der Waals surface area contributed by atoms with Gasteiger partial charge in [-0.25, -0.2) is 4.39 Å². The van der Waals surface area contributed by atoms with Crippen molar-refractivity contribution in [1.82, 2.24) is 0 Å². The average Bonchev–Trinajstić information content (AvgIpc) is 2.25. The summed E-state index contributed by atoms with van der Waals surface area (Å²) in [6, 6.07) is 3.30. The van der Waals surface area contributed by atoms with Crippen molar-refractivity contribution in [3.8, 4) is 5.75 Å². The van der Waals surface area contributed by atoms with Gasteiger partial charge in [0.2, 0.25) is 0 Å². The first kappa shape index (κ1) is 11.9. The van der Waals surface area contributed by atoms with Gasteiger partial charge in [-0.15, -0.1) is 0 Å². The van der Waals surface area contributed by atoms with Gasteiger partial charge in [-0.05, 0) is 18.1 Å². The van der Waals surface area contributed by atoms with Crippen LogP contribution in [-0.2, 0) is 17.8 Å². The van der Waals surface area contributed by atoms with Gasteiger partial charge in [0.05, 0.1) is 19.3 Å². The van der Waals surface area contributed by atoms with Crippen molar-refractivity contribution in [3.63, 3.8) is 0 Å². The van der Waals surface area contributed by atoms with Crippen molar-refractivity contribution < 1.29 is 19.0 Å². The van der Waals surface area contributed by atoms with Crippen molar-refractivity contribution in [1.29, 1.82) is 0 Å². The molecule has 0 radical (unpaired) electrons. The second-order valence-corrected chi connectivity index (χ2v) is 3.13. The number of rotatable bonds is 5. The minimum absolute atomic E-state index is 0.0737. The lowest BCUT2D eigenvalue weighted by Gasteiger charge is -2.11. The van der Waals surface area contributed by atoms with E-state index >= 15 is 0 Å². The van der Waals surface area contributed by atoms with E-state index in [2.05, 4.69) is 0 Å². The molecular weight excluding hydrogens is 199 g/mol. The van der Waals surface area contributed by atoms with Gasteiger partial charge >= 0.3 is 0 Å². The van der Waals surface area contributed by atoms with Crippen LogP contribution in [0.25, 0.3) is 0 Å². The maximum atomic E-state index is 13.8. The van der Waals surface area contributed by atoms with Crippen molar-refractivity contribution in [2.45, 2.75) is 13.0 Å². The van der Waals surface area contributed by atoms with Crippen LogP contribution < -0.4 is 4.74 Å². The van der Waals surface area contributed by atoms with Gasteiger partial charge < -0.3 is 14.6 Å². The lowest BCUT2D eigenvalue weighted by molar-refractivity contribution is 0.177. The number of ether oxygens (including phenoxy) is 2. The molecule has 0 bridgehead atoms. The molecule has 0 saturated carbocycles. The van der Waals surface area contributed by atoms with E-state index in [0.29, 0.717) is 23.3 Å². The topological polar surface area (TPSA) is 38.7 Å². The van der Waals surface area contributed by atoms with Gasteiger partial charge in [0.1, 0.15) is 11.6 Å². The quantitative estimate of drug-likeness (QED) is 0.807. The monoisotopic (exact) mass is 214 g/mol. The van der Waals surface area contributed by atoms with E-state index in [-0.39, 0.29) is 19.0 Å². The zero-order valence-electron chi connectivity index (χ0n) is 8.92. The number of benzene rings is 1. The SMILES string of the molecule is COCc1c(OC)ccc(CCO)c1F. The van der Waals surface area contributed by atoms with E-state index in [1.54, 1.807) is 12.1 Å². The normalized spacial score (nSPS) is 10.4. The second kappa shape index (κ2) is 5.68. The molecule has 0 fully saturated rings. The van der Waals surface area contributed by atoms with Gasteiger partial charge in [-0.2, -0.15) is 0 Å². The Morgan fingerprint density at radius 1 is 1.33 bits per heavy atom. The number of methoxy groups -OCH3 is 2. The molecule has 84 valence electrons. The molecule has 1 rings (SSSR count). The maximum absolute atomic E-state index is 13.8. The molecule has 0 aliphatic rings. The predicted octanol–water partition coefficient (Wildman–Crippen LogP) is 1.52. The fourth-order valence-corrected chi connectivity index (χ4v) is 1.44. The number of aliphatic hydroxyl groups excluding tert-OH is 1. The Morgan fingerprint density at radius 3 is 2.60 bits per heavy atom. The zero-order chi connectivity index (χ0) is 11.3. The number of halogens is 1. The lowest BCUT2D eigenvalue weighted by Crippen LogP contribution is -2.03. The Bertz CT molecular complexity index is 326. The molecule has 4 heteroatoms. The molecule has 0 atom stereocenters. The van der Waals surface area contributed by atoms with Crippen molar-refractivity contribution in [2.75, 3.05) is 20.8 Å². The molecule has 0 aliphatic heterocycles. The summed E-state index contributed by atoms with van der Waals surface area (Å²) < 4.78 is 23.8. The highest BCUT2D eigenvalue weighted by Gasteiger charge is 2.13. The summed E-state index contributed by atoms with van der Waals surface area (Å²) in [5.74, 6) is 0.112. The predicted molar refractivity (Wildman–Crippen MR) is 54.5 cm³/mol. The van der Waals surface area contributed by atoms with Crippen LogP contribution in [0, 0.1) is 5.82 Å². The van der Waals surface area contributed by atoms with E-state index in [0.717, 1.165) is 0 Å². The van der Waals surface area contributed by atoms with Gasteiger partial charge in [-0.3, -0.25) is 0 Å². The van der Waals surface area contributed by atoms with E-state index in [4.69, 9.17) is 14.6 Å². The molecule has 0 spiro atoms. The molecule has 0 aromatic heterocycles. The Labute approximate surface area is 88.4 Å². The van der Waals surface area contributed by atoms with Crippen molar-refractivity contribution in [2.24, 2.45) is 0 Å². The minimum Gasteiger partial charge on any atom is -0.496 e. The number of hydrogen-bond donors (Lipinski definition) is 1. The van der Waals surface area contributed by atoms with Crippen LogP contribution in [0.15, 0.2) is 12.1 Å². The molecule has 0 heterocycles. The molecule has 1 aromatic rings. The Balaban J connectivity index is 3.10. The summed E-state index contributed by atoms with van der Waals surface area (Å²) in [7, 11) is 2.98. The van der Waals surface area contributed by atoms with Crippen LogP contribution in [-0.4, -0.2) is 25.9 Å². The largest absolute Gasteiger partial charge is 0.496 e. The summed E-state index contributed by atoms with van der Waals surface area (Å²) >= 11 is 0. The maximum Gasteiger partial charge on any atom is 0.135 e. The highest BCUT2D eigenvalue weighted by Crippen LogP contribution is 2.25. The first-order valence-electron chi connectivity index (χ1n) is 4.68. The molecule has 1 N–H and O–H groups in total. The van der Waals surface area contributed by atoms with Gasteiger partial charge in [0.15, 0.2) is 0 Å². The van der Waals surface area contributed by atoms with Crippen LogP contribution in [0.2, 0.25) is 0 Å². The summed E-state index contributed by atoms with van der Waals surface area (Å²) in [5, 5.41) is 8.76. The smallest absolute Gasteiger partial charge is 0.135 e. The third-order valence-corrected chi connectivity index (χ3v) is 2.17. The molecule has 1 aromatic carbocycles. The van der Waals surface area contributed by atoms with Crippen molar-refractivity contribution >= 4 is 0 Å². The highest BCUT2D eigenvalue weighted by molar-refractivity contribution is 5.38. The average molecular weight is 214 g/mol. The first-order chi connectivity index (χ1) is 7.24. The molecule has 15 heavy (non-hydrogen) atoms. The van der Waals surface area contributed by atoms with Gasteiger partial charge in [0, 0.05) is 13.7 Å². The number of hydrogen-bond acceptors (Lipinski definition) is 3. The second-order valence-electron chi connectivity index (χ2n) is 3.13. The Hall–Kier alpha value is -1.13. The minimum atomic E-state index is -0.356. The molecule has 0 amide bonds. The Morgan fingerprint density at radius 2 is 2.07 bits per heavy atom. The number of aliphatic hydroxyl groups is 1. The summed E-state index contributed by atoms with van der Waals surface area (Å²) in [4.78, 5) is 0. The molecule has 0 aliphatic carbocycles. The first-order valence-corrected chi connectivity index (χ1v) is 4.68. The van der Waals surface area contributed by atoms with Gasteiger partial charge in [-0.1, -0.05) is 6.07 Å². The van der Waals surface area contributed by atoms with E-state index in [9.17, 15) is 4.39 Å². The third-order valence-electron chi connectivity index (χ3n) is 2.17. The van der Waals surface area contributed by atoms with Crippen LogP contribution in [0.3, 0.4) is 0 Å². The van der Waals surface area contributed by atoms with Gasteiger partial charge in [0.25, 0.3) is 0 Å². The Kier molecular flexibility index (Phi) is 4.52. The summed E-state index contributed by atoms with van der Waals surface area (Å²) in [6.07, 6.45) is 0.298.